The number of rotatable bonds is 0. The molecule has 1 aromatic carbocycles. The molecule has 4 rings (SSSR count). The van der Waals surface area contributed by atoms with Gasteiger partial charge in [0.05, 0.1) is 0 Å². The van der Waals surface area contributed by atoms with E-state index in [1.807, 2.05) is 12.1 Å². The third kappa shape index (κ3) is 1.53. The molecule has 102 valence electrons. The fraction of sp³-hybridized carbons (Fsp3) is 0.647. The zero-order valence-corrected chi connectivity index (χ0v) is 11.9. The number of likely N-dealkylation sites (N-methyl/N-ethyl adjacent to an activating group) is 1. The number of phenolic OH excluding ortho intramolecular Hbond substituents is 1. The predicted octanol–water partition coefficient (Wildman–Crippen LogP) is 2.94. The van der Waals surface area contributed by atoms with Crippen molar-refractivity contribution >= 4 is 0 Å². The molecule has 2 bridgehead atoms. The summed E-state index contributed by atoms with van der Waals surface area (Å²) >= 11 is 0. The highest BCUT2D eigenvalue weighted by Crippen LogP contribution is 2.54. The minimum Gasteiger partial charge on any atom is -0.508 e. The standard InChI is InChI=1S/C17H23NO/c1-17-6-5-11-7-15(17)16(18(2)10-11)8-12-3-4-13(19)9-14(12)17/h3-4,9,11,15-16,19H,5-8,10H2,1-2H3/t11?,15?,16?,17-/m1/s1. The van der Waals surface area contributed by atoms with Crippen molar-refractivity contribution < 1.29 is 5.11 Å². The van der Waals surface area contributed by atoms with E-state index in [0.29, 0.717) is 11.8 Å². The fourth-order valence-electron chi connectivity index (χ4n) is 5.16. The molecule has 19 heavy (non-hydrogen) atoms. The lowest BCUT2D eigenvalue weighted by Crippen LogP contribution is -2.59. The molecule has 2 fully saturated rings. The van der Waals surface area contributed by atoms with Crippen LogP contribution in [0.25, 0.3) is 0 Å². The van der Waals surface area contributed by atoms with Gasteiger partial charge in [0.25, 0.3) is 0 Å². The smallest absolute Gasteiger partial charge is 0.115 e. The summed E-state index contributed by atoms with van der Waals surface area (Å²) in [7, 11) is 2.31. The summed E-state index contributed by atoms with van der Waals surface area (Å²) < 4.78 is 0. The Morgan fingerprint density at radius 2 is 2.21 bits per heavy atom. The molecule has 1 aromatic rings. The van der Waals surface area contributed by atoms with Gasteiger partial charge in [-0.25, -0.2) is 0 Å². The third-order valence-corrected chi connectivity index (χ3v) is 6.19. The Balaban J connectivity index is 1.88. The Bertz CT molecular complexity index is 526. The van der Waals surface area contributed by atoms with Gasteiger partial charge in [-0.05, 0) is 73.2 Å². The van der Waals surface area contributed by atoms with E-state index >= 15 is 0 Å². The highest BCUT2D eigenvalue weighted by molar-refractivity contribution is 5.44. The number of nitrogens with zero attached hydrogens (tertiary/aromatic N) is 1. The number of phenols is 1. The zero-order chi connectivity index (χ0) is 13.2. The lowest BCUT2D eigenvalue weighted by atomic mass is 9.53. The van der Waals surface area contributed by atoms with E-state index in [1.54, 1.807) is 0 Å². The fourth-order valence-corrected chi connectivity index (χ4v) is 5.16. The van der Waals surface area contributed by atoms with Crippen molar-refractivity contribution in [1.82, 2.24) is 4.90 Å². The van der Waals surface area contributed by atoms with E-state index in [4.69, 9.17) is 0 Å². The largest absolute Gasteiger partial charge is 0.508 e. The van der Waals surface area contributed by atoms with Crippen LogP contribution >= 0.6 is 0 Å². The maximum Gasteiger partial charge on any atom is 0.115 e. The first-order valence-electron chi connectivity index (χ1n) is 7.60. The van der Waals surface area contributed by atoms with Crippen LogP contribution in [0.4, 0.5) is 0 Å². The number of piperidine rings is 1. The highest BCUT2D eigenvalue weighted by atomic mass is 16.3. The van der Waals surface area contributed by atoms with Crippen LogP contribution in [0.1, 0.15) is 37.3 Å². The lowest BCUT2D eigenvalue weighted by Gasteiger charge is -2.58. The molecular weight excluding hydrogens is 234 g/mol. The lowest BCUT2D eigenvalue weighted by molar-refractivity contribution is -0.0142. The number of hydrogen-bond donors (Lipinski definition) is 1. The van der Waals surface area contributed by atoms with E-state index < -0.39 is 0 Å². The van der Waals surface area contributed by atoms with E-state index in [0.717, 1.165) is 11.8 Å². The predicted molar refractivity (Wildman–Crippen MR) is 76.4 cm³/mol. The Morgan fingerprint density at radius 1 is 1.37 bits per heavy atom. The summed E-state index contributed by atoms with van der Waals surface area (Å²) in [4.78, 5) is 2.60. The number of aromatic hydroxyl groups is 1. The first kappa shape index (κ1) is 11.8. The van der Waals surface area contributed by atoms with Crippen LogP contribution in [0.15, 0.2) is 18.2 Å². The molecule has 0 amide bonds. The summed E-state index contributed by atoms with van der Waals surface area (Å²) in [5, 5.41) is 9.87. The van der Waals surface area contributed by atoms with Gasteiger partial charge in [0.1, 0.15) is 5.75 Å². The summed E-state index contributed by atoms with van der Waals surface area (Å²) in [6.45, 7) is 3.72. The van der Waals surface area contributed by atoms with Crippen molar-refractivity contribution in [3.8, 4) is 5.75 Å². The molecule has 1 saturated carbocycles. The minimum absolute atomic E-state index is 0.280. The summed E-state index contributed by atoms with van der Waals surface area (Å²) in [6, 6.07) is 6.76. The Kier molecular flexibility index (Phi) is 2.33. The topological polar surface area (TPSA) is 23.5 Å². The van der Waals surface area contributed by atoms with Gasteiger partial charge < -0.3 is 10.0 Å². The van der Waals surface area contributed by atoms with Crippen LogP contribution in [-0.2, 0) is 11.8 Å². The Morgan fingerprint density at radius 3 is 3.05 bits per heavy atom. The number of benzene rings is 1. The summed E-state index contributed by atoms with van der Waals surface area (Å²) in [6.07, 6.45) is 5.20. The molecule has 1 aliphatic heterocycles. The van der Waals surface area contributed by atoms with E-state index in [2.05, 4.69) is 24.9 Å². The summed E-state index contributed by atoms with van der Waals surface area (Å²) in [5.41, 5.74) is 3.18. The second kappa shape index (κ2) is 3.76. The molecule has 0 radical (unpaired) electrons. The van der Waals surface area contributed by atoms with Crippen LogP contribution in [-0.4, -0.2) is 29.6 Å². The highest BCUT2D eigenvalue weighted by Gasteiger charge is 2.52. The van der Waals surface area contributed by atoms with Crippen molar-refractivity contribution in [2.45, 2.75) is 44.1 Å². The molecule has 1 heterocycles. The molecule has 4 atom stereocenters. The Hall–Kier alpha value is -1.02. The van der Waals surface area contributed by atoms with E-state index in [9.17, 15) is 5.11 Å². The normalized spacial score (nSPS) is 40.8. The van der Waals surface area contributed by atoms with E-state index in [-0.39, 0.29) is 5.41 Å². The molecule has 3 aliphatic rings. The molecule has 0 aromatic heterocycles. The first-order valence-corrected chi connectivity index (χ1v) is 7.60. The second-order valence-electron chi connectivity index (χ2n) is 7.22. The summed E-state index contributed by atoms with van der Waals surface area (Å²) in [5.74, 6) is 2.11. The number of likely N-dealkylation sites (tertiary alicyclic amines) is 1. The van der Waals surface area contributed by atoms with Gasteiger partial charge in [0, 0.05) is 12.6 Å². The van der Waals surface area contributed by atoms with Crippen LogP contribution in [0.2, 0.25) is 0 Å². The molecule has 2 aliphatic carbocycles. The van der Waals surface area contributed by atoms with Crippen molar-refractivity contribution in [2.24, 2.45) is 11.8 Å². The quantitative estimate of drug-likeness (QED) is 0.772. The van der Waals surface area contributed by atoms with Crippen LogP contribution < -0.4 is 0 Å². The van der Waals surface area contributed by atoms with Gasteiger partial charge in [0.15, 0.2) is 0 Å². The second-order valence-corrected chi connectivity index (χ2v) is 7.22. The van der Waals surface area contributed by atoms with Gasteiger partial charge in [-0.3, -0.25) is 0 Å². The van der Waals surface area contributed by atoms with Crippen molar-refractivity contribution in [2.75, 3.05) is 13.6 Å². The van der Waals surface area contributed by atoms with Crippen molar-refractivity contribution in [1.29, 1.82) is 0 Å². The Labute approximate surface area is 115 Å². The van der Waals surface area contributed by atoms with Crippen molar-refractivity contribution in [3.63, 3.8) is 0 Å². The maximum atomic E-state index is 9.87. The van der Waals surface area contributed by atoms with Crippen LogP contribution in [0.5, 0.6) is 5.75 Å². The third-order valence-electron chi connectivity index (χ3n) is 6.19. The molecule has 0 spiro atoms. The van der Waals surface area contributed by atoms with Crippen LogP contribution in [0.3, 0.4) is 0 Å². The van der Waals surface area contributed by atoms with Crippen molar-refractivity contribution in [3.05, 3.63) is 29.3 Å². The van der Waals surface area contributed by atoms with E-state index in [1.165, 1.54) is 43.4 Å². The van der Waals surface area contributed by atoms with Gasteiger partial charge in [0.2, 0.25) is 0 Å². The monoisotopic (exact) mass is 257 g/mol. The van der Waals surface area contributed by atoms with Crippen LogP contribution in [0, 0.1) is 11.8 Å². The zero-order valence-electron chi connectivity index (χ0n) is 11.9. The first-order chi connectivity index (χ1) is 9.08. The van der Waals surface area contributed by atoms with Gasteiger partial charge >= 0.3 is 0 Å². The average Bonchev–Trinajstić information content (AvgIpc) is 2.39. The maximum absolute atomic E-state index is 9.87. The number of fused-ring (bicyclic) bond motifs is 3. The van der Waals surface area contributed by atoms with Gasteiger partial charge in [-0.2, -0.15) is 0 Å². The van der Waals surface area contributed by atoms with Gasteiger partial charge in [-0.15, -0.1) is 0 Å². The average molecular weight is 257 g/mol. The number of hydrogen-bond acceptors (Lipinski definition) is 2. The molecular formula is C17H23NO. The molecule has 2 heteroatoms. The SMILES string of the molecule is CN1CC2CC[C@]3(C)c4cc(O)ccc4CC1C3C2. The molecule has 2 nitrogen and oxygen atoms in total. The van der Waals surface area contributed by atoms with Gasteiger partial charge in [-0.1, -0.05) is 13.0 Å². The molecule has 1 saturated heterocycles. The molecule has 3 unspecified atom stereocenters. The minimum atomic E-state index is 0.280. The molecule has 1 N–H and O–H groups in total.